The van der Waals surface area contributed by atoms with Crippen LogP contribution < -0.4 is 4.74 Å². The molecule has 2 fully saturated rings. The average Bonchev–Trinajstić information content (AvgIpc) is 3.29. The number of amides is 1. The standard InChI is InChI=1S/C28H43NO4/c1-22(9-6-7-12-24-10-4-3-5-11-24)19-25-14-16-27(17-15-25)33-21-28(31)29-18-8-13-26(29)20-32-23(2)30/h14-17,22,24,26H,3-13,18-21H2,1-2H3/t22-,26?/m1/s1. The first-order valence-corrected chi connectivity index (χ1v) is 13.2. The van der Waals surface area contributed by atoms with Crippen molar-refractivity contribution in [1.29, 1.82) is 0 Å². The number of unbranched alkanes of at least 4 members (excludes halogenated alkanes) is 1. The maximum atomic E-state index is 12.6. The summed E-state index contributed by atoms with van der Waals surface area (Å²) in [6.45, 7) is 4.74. The molecule has 0 aromatic heterocycles. The number of carbonyl (C=O) groups excluding carboxylic acids is 2. The van der Waals surface area contributed by atoms with E-state index in [9.17, 15) is 9.59 Å². The number of rotatable bonds is 12. The van der Waals surface area contributed by atoms with E-state index in [1.54, 1.807) is 4.90 Å². The van der Waals surface area contributed by atoms with Gasteiger partial charge in [-0.25, -0.2) is 0 Å². The van der Waals surface area contributed by atoms with Crippen molar-refractivity contribution in [3.8, 4) is 5.75 Å². The van der Waals surface area contributed by atoms with Gasteiger partial charge in [-0.05, 0) is 48.8 Å². The minimum absolute atomic E-state index is 0.0211. The van der Waals surface area contributed by atoms with E-state index < -0.39 is 0 Å². The summed E-state index contributed by atoms with van der Waals surface area (Å²) >= 11 is 0. The molecule has 1 aromatic carbocycles. The number of carbonyl (C=O) groups is 2. The van der Waals surface area contributed by atoms with Crippen LogP contribution in [0.3, 0.4) is 0 Å². The molecular weight excluding hydrogens is 414 g/mol. The van der Waals surface area contributed by atoms with Crippen LogP contribution >= 0.6 is 0 Å². The summed E-state index contributed by atoms with van der Waals surface area (Å²) in [7, 11) is 0. The van der Waals surface area contributed by atoms with Gasteiger partial charge < -0.3 is 14.4 Å². The first-order chi connectivity index (χ1) is 16.0. The molecule has 1 aromatic rings. The number of nitrogens with zero attached hydrogens (tertiary/aromatic N) is 1. The first-order valence-electron chi connectivity index (χ1n) is 13.2. The highest BCUT2D eigenvalue weighted by Gasteiger charge is 2.29. The van der Waals surface area contributed by atoms with Gasteiger partial charge in [0.15, 0.2) is 6.61 Å². The fourth-order valence-electron chi connectivity index (χ4n) is 5.41. The quantitative estimate of drug-likeness (QED) is 0.288. The van der Waals surface area contributed by atoms with Gasteiger partial charge in [-0.15, -0.1) is 0 Å². The largest absolute Gasteiger partial charge is 0.484 e. The van der Waals surface area contributed by atoms with Gasteiger partial charge in [0.1, 0.15) is 12.4 Å². The van der Waals surface area contributed by atoms with Crippen molar-refractivity contribution in [2.45, 2.75) is 96.9 Å². The lowest BCUT2D eigenvalue weighted by atomic mass is 9.85. The van der Waals surface area contributed by atoms with Crippen molar-refractivity contribution < 1.29 is 19.1 Å². The molecule has 33 heavy (non-hydrogen) atoms. The van der Waals surface area contributed by atoms with Crippen molar-refractivity contribution >= 4 is 11.9 Å². The maximum absolute atomic E-state index is 12.6. The van der Waals surface area contributed by atoms with Crippen molar-refractivity contribution in [3.05, 3.63) is 29.8 Å². The molecule has 2 atom stereocenters. The van der Waals surface area contributed by atoms with Gasteiger partial charge in [0, 0.05) is 13.5 Å². The Morgan fingerprint density at radius 3 is 2.52 bits per heavy atom. The highest BCUT2D eigenvalue weighted by atomic mass is 16.5. The van der Waals surface area contributed by atoms with Gasteiger partial charge >= 0.3 is 5.97 Å². The predicted octanol–water partition coefficient (Wildman–Crippen LogP) is 5.94. The van der Waals surface area contributed by atoms with E-state index in [-0.39, 0.29) is 31.1 Å². The predicted molar refractivity (Wildman–Crippen MR) is 131 cm³/mol. The Morgan fingerprint density at radius 1 is 1.03 bits per heavy atom. The van der Waals surface area contributed by atoms with Gasteiger partial charge in [-0.3, -0.25) is 9.59 Å². The summed E-state index contributed by atoms with van der Waals surface area (Å²) < 4.78 is 10.9. The molecule has 184 valence electrons. The molecule has 1 saturated carbocycles. The number of hydrogen-bond acceptors (Lipinski definition) is 4. The molecule has 0 N–H and O–H groups in total. The number of benzene rings is 1. The average molecular weight is 458 g/mol. The van der Waals surface area contributed by atoms with Crippen molar-refractivity contribution in [2.24, 2.45) is 11.8 Å². The molecule has 2 aliphatic rings. The van der Waals surface area contributed by atoms with Crippen LogP contribution in [-0.2, 0) is 20.7 Å². The summed E-state index contributed by atoms with van der Waals surface area (Å²) in [5.41, 5.74) is 1.33. The van der Waals surface area contributed by atoms with Crippen LogP contribution in [0.4, 0.5) is 0 Å². The molecule has 5 nitrogen and oxygen atoms in total. The van der Waals surface area contributed by atoms with Gasteiger partial charge in [0.25, 0.3) is 5.91 Å². The summed E-state index contributed by atoms with van der Waals surface area (Å²) in [5, 5.41) is 0. The van der Waals surface area contributed by atoms with Gasteiger partial charge in [-0.1, -0.05) is 76.8 Å². The normalized spacial score (nSPS) is 19.9. The molecule has 1 saturated heterocycles. The monoisotopic (exact) mass is 457 g/mol. The molecule has 1 aliphatic heterocycles. The Balaban J connectivity index is 1.33. The third-order valence-corrected chi connectivity index (χ3v) is 7.33. The number of esters is 1. The van der Waals surface area contributed by atoms with E-state index in [1.165, 1.54) is 70.3 Å². The Morgan fingerprint density at radius 2 is 1.79 bits per heavy atom. The van der Waals surface area contributed by atoms with E-state index >= 15 is 0 Å². The second-order valence-electron chi connectivity index (χ2n) is 10.2. The van der Waals surface area contributed by atoms with Crippen LogP contribution in [0.15, 0.2) is 24.3 Å². The van der Waals surface area contributed by atoms with Crippen molar-refractivity contribution in [1.82, 2.24) is 4.90 Å². The highest BCUT2D eigenvalue weighted by molar-refractivity contribution is 5.78. The lowest BCUT2D eigenvalue weighted by molar-refractivity contribution is -0.145. The van der Waals surface area contributed by atoms with Crippen LogP contribution in [0.2, 0.25) is 0 Å². The zero-order chi connectivity index (χ0) is 23.5. The van der Waals surface area contributed by atoms with Crippen LogP contribution in [0.5, 0.6) is 5.75 Å². The van der Waals surface area contributed by atoms with Gasteiger partial charge in [0.2, 0.25) is 0 Å². The summed E-state index contributed by atoms with van der Waals surface area (Å²) in [4.78, 5) is 25.4. The van der Waals surface area contributed by atoms with Gasteiger partial charge in [0.05, 0.1) is 6.04 Å². The first kappa shape index (κ1) is 25.6. The molecule has 1 unspecified atom stereocenters. The summed E-state index contributed by atoms with van der Waals surface area (Å²) in [6.07, 6.45) is 15.6. The molecule has 1 aliphatic carbocycles. The topological polar surface area (TPSA) is 55.8 Å². The number of likely N-dealkylation sites (tertiary alicyclic amines) is 1. The molecule has 0 radical (unpaired) electrons. The van der Waals surface area contributed by atoms with E-state index in [0.29, 0.717) is 12.5 Å². The second kappa shape index (κ2) is 13.6. The zero-order valence-corrected chi connectivity index (χ0v) is 20.7. The molecular formula is C28H43NO4. The molecule has 1 amide bonds. The fourth-order valence-corrected chi connectivity index (χ4v) is 5.41. The highest BCUT2D eigenvalue weighted by Crippen LogP contribution is 2.28. The Bertz CT molecular complexity index is 726. The maximum Gasteiger partial charge on any atom is 0.302 e. The number of ether oxygens (including phenoxy) is 2. The lowest BCUT2D eigenvalue weighted by Crippen LogP contribution is -2.41. The third kappa shape index (κ3) is 9.02. The van der Waals surface area contributed by atoms with Crippen LogP contribution in [0, 0.1) is 11.8 Å². The Kier molecular flexibility index (Phi) is 10.6. The zero-order valence-electron chi connectivity index (χ0n) is 20.7. The lowest BCUT2D eigenvalue weighted by Gasteiger charge is -2.24. The van der Waals surface area contributed by atoms with E-state index in [2.05, 4.69) is 19.1 Å². The Hall–Kier alpha value is -2.04. The molecule has 3 rings (SSSR count). The molecule has 0 spiro atoms. The van der Waals surface area contributed by atoms with Crippen molar-refractivity contribution in [2.75, 3.05) is 19.8 Å². The molecule has 0 bridgehead atoms. The molecule has 1 heterocycles. The minimum Gasteiger partial charge on any atom is -0.484 e. The smallest absolute Gasteiger partial charge is 0.302 e. The summed E-state index contributed by atoms with van der Waals surface area (Å²) in [5.74, 6) is 2.06. The molecule has 5 heteroatoms. The Labute approximate surface area is 200 Å². The van der Waals surface area contributed by atoms with Crippen LogP contribution in [-0.4, -0.2) is 42.6 Å². The number of hydrogen-bond donors (Lipinski definition) is 0. The minimum atomic E-state index is -0.306. The van der Waals surface area contributed by atoms with E-state index in [1.807, 2.05) is 12.1 Å². The van der Waals surface area contributed by atoms with Crippen LogP contribution in [0.25, 0.3) is 0 Å². The second-order valence-corrected chi connectivity index (χ2v) is 10.2. The van der Waals surface area contributed by atoms with E-state index in [0.717, 1.165) is 30.9 Å². The fraction of sp³-hybridized carbons (Fsp3) is 0.714. The third-order valence-electron chi connectivity index (χ3n) is 7.33. The van der Waals surface area contributed by atoms with Crippen molar-refractivity contribution in [3.63, 3.8) is 0 Å². The van der Waals surface area contributed by atoms with Gasteiger partial charge in [-0.2, -0.15) is 0 Å². The van der Waals surface area contributed by atoms with Crippen LogP contribution in [0.1, 0.15) is 90.0 Å². The van der Waals surface area contributed by atoms with E-state index in [4.69, 9.17) is 9.47 Å². The SMILES string of the molecule is CC(=O)OCC1CCCN1C(=O)COc1ccc(C[C@H](C)CCCCC2CCCCC2)cc1. The summed E-state index contributed by atoms with van der Waals surface area (Å²) in [6, 6.07) is 8.16.